The Labute approximate surface area is 306 Å². The van der Waals surface area contributed by atoms with Gasteiger partial charge in [-0.25, -0.2) is 0 Å². The van der Waals surface area contributed by atoms with Gasteiger partial charge in [0.05, 0.1) is 38.4 Å². The van der Waals surface area contributed by atoms with Crippen LogP contribution in [0.1, 0.15) is 38.4 Å². The minimum absolute atomic E-state index is 0.459. The first kappa shape index (κ1) is 10.3. The summed E-state index contributed by atoms with van der Waals surface area (Å²) >= 11 is 0. The monoisotopic (exact) mass is 608 g/mol. The van der Waals surface area contributed by atoms with Gasteiger partial charge >= 0.3 is 0 Å². The number of rotatable bonds is 2. The first-order valence-electron chi connectivity index (χ1n) is 27.8. The Bertz CT molecular complexity index is 4450. The van der Waals surface area contributed by atoms with Gasteiger partial charge in [-0.15, -0.1) is 0 Å². The Balaban J connectivity index is 1.38. The molecule has 0 spiro atoms. The fraction of sp³-hybridized carbons (Fsp3) is 0. The largest absolute Gasteiger partial charge is 0.0636 e. The molecule has 0 fully saturated rings. The zero-order valence-electron chi connectivity index (χ0n) is 51.0. The summed E-state index contributed by atoms with van der Waals surface area (Å²) in [6.45, 7) is 0. The van der Waals surface area contributed by atoms with Crippen molar-refractivity contribution >= 4 is 75.4 Å². The molecule has 0 heteroatoms. The van der Waals surface area contributed by atoms with E-state index in [0.29, 0.717) is 0 Å². The molecule has 0 N–H and O–H groups in total. The average Bonchev–Trinajstić information content (AvgIpc) is 3.36. The van der Waals surface area contributed by atoms with Crippen LogP contribution in [-0.4, -0.2) is 0 Å². The van der Waals surface area contributed by atoms with E-state index >= 15 is 0 Å². The molecule has 0 unspecified atom stereocenters. The minimum Gasteiger partial charge on any atom is -0.0616 e. The van der Waals surface area contributed by atoms with Crippen LogP contribution in [0, 0.1) is 0 Å². The maximum absolute atomic E-state index is 9.69. The van der Waals surface area contributed by atoms with Gasteiger partial charge in [0.15, 0.2) is 0 Å². The minimum atomic E-state index is -1.03. The summed E-state index contributed by atoms with van der Waals surface area (Å²) < 4.78 is 252. The SMILES string of the molecule is [2H]c1c(-c2c3c([2H])c([2H])c([2H])c([2H])c3c([2H])c3c2c([2H])c([2H])c2c([2H])c([2H])c([2H])c([2H])c23)c([2H])c2c([2H])c([2H])c(-c3c([2H])c([2H])c4c(c3[2H])c([2H])c([2H])c3c([2H])c5c([2H])c([2H])c([2H])c([2H])c5c([2H])c34)c([2H])c2c1[2H]. The zero-order chi connectivity index (χ0) is 54.6. The predicted octanol–water partition coefficient (Wildman–Crippen LogP) is 13.1. The molecule has 10 aromatic rings. The Hall–Kier alpha value is -5.98. The van der Waals surface area contributed by atoms with Crippen LogP contribution in [0.2, 0.25) is 0 Å². The van der Waals surface area contributed by atoms with Gasteiger partial charge < -0.3 is 0 Å². The molecule has 0 atom stereocenters. The Morgan fingerprint density at radius 2 is 0.674 bits per heavy atom. The van der Waals surface area contributed by atoms with Crippen molar-refractivity contribution in [2.45, 2.75) is 0 Å². The summed E-state index contributed by atoms with van der Waals surface area (Å²) in [5.41, 5.74) is -3.00. The molecule has 0 aliphatic rings. The number of fused-ring (bicyclic) bond motifs is 9. The lowest BCUT2D eigenvalue weighted by molar-refractivity contribution is 1.67. The fourth-order valence-corrected chi connectivity index (χ4v) is 5.53. The molecule has 212 valence electrons. The molecule has 10 rings (SSSR count). The van der Waals surface area contributed by atoms with E-state index in [9.17, 15) is 16.4 Å². The second-order valence-electron chi connectivity index (χ2n) is 10.2. The van der Waals surface area contributed by atoms with Crippen LogP contribution >= 0.6 is 0 Å². The van der Waals surface area contributed by atoms with Crippen molar-refractivity contribution in [3.63, 3.8) is 0 Å². The second kappa shape index (κ2) is 9.76. The van der Waals surface area contributed by atoms with E-state index in [-0.39, 0.29) is 0 Å². The van der Waals surface area contributed by atoms with Crippen LogP contribution in [0.25, 0.3) is 97.7 Å². The number of hydrogen-bond donors (Lipinski definition) is 0. The van der Waals surface area contributed by atoms with E-state index in [0.717, 1.165) is 0 Å². The summed E-state index contributed by atoms with van der Waals surface area (Å²) in [4.78, 5) is 0. The molecule has 0 heterocycles. The highest BCUT2D eigenvalue weighted by molar-refractivity contribution is 6.20. The Kier molecular flexibility index (Phi) is 2.18. The zero-order valence-corrected chi connectivity index (χ0v) is 23.0. The first-order chi connectivity index (χ1) is 34.5. The molecule has 0 aliphatic carbocycles. The normalized spacial score (nSPS) is 20.4. The third kappa shape index (κ3) is 3.87. The van der Waals surface area contributed by atoms with Gasteiger partial charge in [-0.3, -0.25) is 0 Å². The van der Waals surface area contributed by atoms with Crippen molar-refractivity contribution in [3.05, 3.63) is 169 Å². The molecule has 0 nitrogen and oxygen atoms in total. The molecule has 10 aromatic carbocycles. The topological polar surface area (TPSA) is 0 Å². The highest BCUT2D eigenvalue weighted by Gasteiger charge is 2.13. The van der Waals surface area contributed by atoms with Crippen LogP contribution in [0.5, 0.6) is 0 Å². The summed E-state index contributed by atoms with van der Waals surface area (Å²) in [6.07, 6.45) is 0. The third-order valence-corrected chi connectivity index (χ3v) is 7.62. The van der Waals surface area contributed by atoms with E-state index in [1.165, 1.54) is 0 Å². The molecule has 0 saturated heterocycles. The fourth-order valence-electron chi connectivity index (χ4n) is 5.53. The third-order valence-electron chi connectivity index (χ3n) is 7.62. The molecule has 0 aliphatic heterocycles. The van der Waals surface area contributed by atoms with E-state index < -0.39 is 267 Å². The van der Waals surface area contributed by atoms with Gasteiger partial charge in [0.1, 0.15) is 0 Å². The van der Waals surface area contributed by atoms with Crippen LogP contribution in [0.4, 0.5) is 0 Å². The summed E-state index contributed by atoms with van der Waals surface area (Å²) in [5, 5.41) is -8.00. The molecule has 0 bridgehead atoms. The quantitative estimate of drug-likeness (QED) is 0.135. The van der Waals surface area contributed by atoms with Gasteiger partial charge in [0, 0.05) is 0 Å². The predicted molar refractivity (Wildman–Crippen MR) is 200 cm³/mol. The highest BCUT2D eigenvalue weighted by Crippen LogP contribution is 2.41. The summed E-state index contributed by atoms with van der Waals surface area (Å²) in [5.74, 6) is 0. The van der Waals surface area contributed by atoms with Crippen molar-refractivity contribution in [1.29, 1.82) is 0 Å². The van der Waals surface area contributed by atoms with Crippen LogP contribution in [-0.2, 0) is 0 Å². The lowest BCUT2D eigenvalue weighted by Gasteiger charge is -2.15. The van der Waals surface area contributed by atoms with Crippen molar-refractivity contribution in [2.75, 3.05) is 0 Å². The Morgan fingerprint density at radius 1 is 0.239 bits per heavy atom. The molecular formula is C46H28. The molecule has 46 heavy (non-hydrogen) atoms. The van der Waals surface area contributed by atoms with Crippen LogP contribution < -0.4 is 0 Å². The van der Waals surface area contributed by atoms with Gasteiger partial charge in [-0.2, -0.15) is 0 Å². The smallest absolute Gasteiger partial charge is 0.0616 e. The molecule has 0 radical (unpaired) electrons. The standard InChI is InChI=1S/C46H28/c1-2-9-31-27-44-38(24-30(31)8-1)17-16-37-25-35(20-21-41(37)44)32-13-14-34-26-39(18-15-33(34)23-32)46-42-12-6-4-10-36(42)28-45-40-11-5-3-7-29(40)19-22-43(45)46/h1-28H/i1D,2D,3D,4D,5D,6D,7D,8D,9D,10D,11D,12D,13D,14D,15D,16D,17D,18D,19D,20D,21D,22D,23D,24D,25D,26D,27D,28D. The number of hydrogen-bond acceptors (Lipinski definition) is 0. The van der Waals surface area contributed by atoms with Crippen molar-refractivity contribution in [1.82, 2.24) is 0 Å². The van der Waals surface area contributed by atoms with E-state index in [4.69, 9.17) is 21.9 Å². The lowest BCUT2D eigenvalue weighted by atomic mass is 9.89. The summed E-state index contributed by atoms with van der Waals surface area (Å²) in [7, 11) is 0. The van der Waals surface area contributed by atoms with Crippen LogP contribution in [0.15, 0.2) is 169 Å². The second-order valence-corrected chi connectivity index (χ2v) is 10.2. The average molecular weight is 609 g/mol. The van der Waals surface area contributed by atoms with Crippen LogP contribution in [0.3, 0.4) is 0 Å². The number of benzene rings is 10. The molecule has 0 amide bonds. The van der Waals surface area contributed by atoms with Gasteiger partial charge in [0.25, 0.3) is 0 Å². The van der Waals surface area contributed by atoms with Crippen molar-refractivity contribution in [3.8, 4) is 22.3 Å². The molecular weight excluding hydrogens is 553 g/mol. The van der Waals surface area contributed by atoms with Crippen molar-refractivity contribution in [2.24, 2.45) is 0 Å². The molecule has 0 aromatic heterocycles. The van der Waals surface area contributed by atoms with E-state index in [2.05, 4.69) is 0 Å². The Morgan fingerprint density at radius 3 is 1.48 bits per heavy atom. The maximum atomic E-state index is 9.69. The molecule has 0 saturated carbocycles. The van der Waals surface area contributed by atoms with E-state index in [1.807, 2.05) is 0 Å². The van der Waals surface area contributed by atoms with Gasteiger partial charge in [-0.05, 0) is 134 Å². The maximum Gasteiger partial charge on any atom is 0.0636 e. The van der Waals surface area contributed by atoms with Crippen molar-refractivity contribution < 1.29 is 38.4 Å². The van der Waals surface area contributed by atoms with Gasteiger partial charge in [0.2, 0.25) is 0 Å². The van der Waals surface area contributed by atoms with Gasteiger partial charge in [-0.1, -0.05) is 133 Å². The highest BCUT2D eigenvalue weighted by atomic mass is 14.2. The van der Waals surface area contributed by atoms with E-state index in [1.54, 1.807) is 0 Å². The lowest BCUT2D eigenvalue weighted by Crippen LogP contribution is -1.88. The first-order valence-corrected chi connectivity index (χ1v) is 13.8. The summed E-state index contributed by atoms with van der Waals surface area (Å²) in [6, 6.07) is -24.1.